The molecule has 0 spiro atoms. The van der Waals surface area contributed by atoms with E-state index in [9.17, 15) is 0 Å². The zero-order valence-corrected chi connectivity index (χ0v) is 10.6. The lowest BCUT2D eigenvalue weighted by atomic mass is 10.3. The zero-order chi connectivity index (χ0) is 12.3. The van der Waals surface area contributed by atoms with Gasteiger partial charge in [-0.2, -0.15) is 5.10 Å². The fourth-order valence-electron chi connectivity index (χ4n) is 2.00. The molecule has 0 aliphatic heterocycles. The van der Waals surface area contributed by atoms with Crippen molar-refractivity contribution in [1.82, 2.24) is 15.1 Å². The van der Waals surface area contributed by atoms with Gasteiger partial charge in [0.25, 0.3) is 0 Å². The Hall–Kier alpha value is -1.55. The van der Waals surface area contributed by atoms with Gasteiger partial charge in [-0.05, 0) is 39.0 Å². The number of hydrogen-bond acceptors (Lipinski definition) is 3. The second kappa shape index (κ2) is 5.19. The van der Waals surface area contributed by atoms with Gasteiger partial charge in [-0.3, -0.25) is 4.68 Å². The van der Waals surface area contributed by atoms with Crippen LogP contribution in [0.15, 0.2) is 28.9 Å². The maximum Gasteiger partial charge on any atom is 0.117 e. The Morgan fingerprint density at radius 2 is 2.29 bits per heavy atom. The fraction of sp³-hybridized carbons (Fsp3) is 0.462. The van der Waals surface area contributed by atoms with Crippen LogP contribution in [0.25, 0.3) is 0 Å². The molecule has 0 fully saturated rings. The van der Waals surface area contributed by atoms with E-state index in [0.717, 1.165) is 24.5 Å². The third kappa shape index (κ3) is 2.97. The van der Waals surface area contributed by atoms with Gasteiger partial charge in [0, 0.05) is 12.2 Å². The van der Waals surface area contributed by atoms with Gasteiger partial charge >= 0.3 is 0 Å². The summed E-state index contributed by atoms with van der Waals surface area (Å²) in [6, 6.07) is 6.32. The third-order valence-corrected chi connectivity index (χ3v) is 2.78. The average Bonchev–Trinajstić information content (AvgIpc) is 2.88. The summed E-state index contributed by atoms with van der Waals surface area (Å²) in [6.07, 6.45) is 1.70. The number of hydrogen-bond donors (Lipinski definition) is 1. The van der Waals surface area contributed by atoms with E-state index in [1.54, 1.807) is 6.26 Å². The van der Waals surface area contributed by atoms with Crippen molar-refractivity contribution >= 4 is 0 Å². The van der Waals surface area contributed by atoms with Crippen molar-refractivity contribution in [3.05, 3.63) is 41.6 Å². The highest BCUT2D eigenvalue weighted by molar-refractivity contribution is 5.07. The Bertz CT molecular complexity index is 459. The number of aryl methyl sites for hydroxylation is 2. The first kappa shape index (κ1) is 11.9. The van der Waals surface area contributed by atoms with E-state index in [2.05, 4.69) is 35.0 Å². The van der Waals surface area contributed by atoms with Gasteiger partial charge in [-0.25, -0.2) is 0 Å². The number of nitrogens with one attached hydrogen (secondary N) is 1. The zero-order valence-electron chi connectivity index (χ0n) is 10.6. The van der Waals surface area contributed by atoms with Crippen LogP contribution in [-0.4, -0.2) is 16.3 Å². The number of aromatic nitrogens is 2. The standard InChI is InChI=1S/C13H19N3O/c1-10-7-11(2)16(15-10)12(3)8-14-9-13-5-4-6-17-13/h4-7,12,14H,8-9H2,1-3H3. The van der Waals surface area contributed by atoms with Crippen molar-refractivity contribution in [2.24, 2.45) is 0 Å². The van der Waals surface area contributed by atoms with Crippen LogP contribution in [0.3, 0.4) is 0 Å². The van der Waals surface area contributed by atoms with Gasteiger partial charge in [0.05, 0.1) is 24.5 Å². The molecule has 1 N–H and O–H groups in total. The summed E-state index contributed by atoms with van der Waals surface area (Å²) in [5, 5.41) is 7.85. The number of rotatable bonds is 5. The molecule has 2 aromatic heterocycles. The van der Waals surface area contributed by atoms with Crippen molar-refractivity contribution in [2.75, 3.05) is 6.54 Å². The Kier molecular flexibility index (Phi) is 3.64. The van der Waals surface area contributed by atoms with Crippen LogP contribution < -0.4 is 5.32 Å². The van der Waals surface area contributed by atoms with E-state index < -0.39 is 0 Å². The van der Waals surface area contributed by atoms with Gasteiger partial charge < -0.3 is 9.73 Å². The smallest absolute Gasteiger partial charge is 0.117 e. The molecule has 0 amide bonds. The molecule has 0 aliphatic rings. The number of furan rings is 1. The molecule has 1 atom stereocenters. The minimum Gasteiger partial charge on any atom is -0.468 e. The quantitative estimate of drug-likeness (QED) is 0.862. The van der Waals surface area contributed by atoms with E-state index >= 15 is 0 Å². The minimum atomic E-state index is 0.346. The molecule has 2 aromatic rings. The van der Waals surface area contributed by atoms with Crippen molar-refractivity contribution < 1.29 is 4.42 Å². The summed E-state index contributed by atoms with van der Waals surface area (Å²) in [5.74, 6) is 0.963. The molecule has 4 nitrogen and oxygen atoms in total. The average molecular weight is 233 g/mol. The molecule has 0 saturated heterocycles. The Balaban J connectivity index is 1.85. The summed E-state index contributed by atoms with van der Waals surface area (Å²) < 4.78 is 7.32. The number of nitrogens with zero attached hydrogens (tertiary/aromatic N) is 2. The van der Waals surface area contributed by atoms with Crippen LogP contribution >= 0.6 is 0 Å². The van der Waals surface area contributed by atoms with Gasteiger partial charge in [0.2, 0.25) is 0 Å². The lowest BCUT2D eigenvalue weighted by molar-refractivity contribution is 0.421. The topological polar surface area (TPSA) is 43.0 Å². The van der Waals surface area contributed by atoms with Crippen molar-refractivity contribution in [1.29, 1.82) is 0 Å². The van der Waals surface area contributed by atoms with E-state index in [1.807, 2.05) is 19.1 Å². The van der Waals surface area contributed by atoms with E-state index in [-0.39, 0.29) is 0 Å². The molecule has 4 heteroatoms. The molecular formula is C13H19N3O. The molecule has 17 heavy (non-hydrogen) atoms. The van der Waals surface area contributed by atoms with Gasteiger partial charge in [0.1, 0.15) is 5.76 Å². The van der Waals surface area contributed by atoms with Crippen LogP contribution in [0, 0.1) is 13.8 Å². The Morgan fingerprint density at radius 1 is 1.47 bits per heavy atom. The monoisotopic (exact) mass is 233 g/mol. The molecule has 0 saturated carbocycles. The van der Waals surface area contributed by atoms with Crippen LogP contribution in [0.1, 0.15) is 30.1 Å². The molecule has 2 heterocycles. The lowest BCUT2D eigenvalue weighted by Crippen LogP contribution is -2.24. The van der Waals surface area contributed by atoms with Gasteiger partial charge in [0.15, 0.2) is 0 Å². The van der Waals surface area contributed by atoms with E-state index in [1.165, 1.54) is 5.69 Å². The normalized spacial score (nSPS) is 12.9. The Morgan fingerprint density at radius 3 is 2.88 bits per heavy atom. The second-order valence-electron chi connectivity index (χ2n) is 4.43. The second-order valence-corrected chi connectivity index (χ2v) is 4.43. The predicted molar refractivity (Wildman–Crippen MR) is 66.8 cm³/mol. The van der Waals surface area contributed by atoms with Gasteiger partial charge in [-0.1, -0.05) is 0 Å². The lowest BCUT2D eigenvalue weighted by Gasteiger charge is -2.14. The maximum atomic E-state index is 5.26. The van der Waals surface area contributed by atoms with Crippen LogP contribution in [-0.2, 0) is 6.54 Å². The highest BCUT2D eigenvalue weighted by atomic mass is 16.3. The van der Waals surface area contributed by atoms with Crippen LogP contribution in [0.5, 0.6) is 0 Å². The van der Waals surface area contributed by atoms with Crippen molar-refractivity contribution in [3.63, 3.8) is 0 Å². The van der Waals surface area contributed by atoms with Crippen LogP contribution in [0.2, 0.25) is 0 Å². The molecular weight excluding hydrogens is 214 g/mol. The summed E-state index contributed by atoms with van der Waals surface area (Å²) >= 11 is 0. The minimum absolute atomic E-state index is 0.346. The first-order valence-corrected chi connectivity index (χ1v) is 5.92. The molecule has 1 unspecified atom stereocenters. The molecule has 0 bridgehead atoms. The van der Waals surface area contributed by atoms with E-state index in [0.29, 0.717) is 6.04 Å². The summed E-state index contributed by atoms with van der Waals surface area (Å²) in [6.45, 7) is 7.91. The summed E-state index contributed by atoms with van der Waals surface area (Å²) in [5.41, 5.74) is 2.27. The van der Waals surface area contributed by atoms with Gasteiger partial charge in [-0.15, -0.1) is 0 Å². The molecule has 0 aliphatic carbocycles. The SMILES string of the molecule is Cc1cc(C)n(C(C)CNCc2ccco2)n1. The largest absolute Gasteiger partial charge is 0.468 e. The molecule has 0 aromatic carbocycles. The summed E-state index contributed by atoms with van der Waals surface area (Å²) in [7, 11) is 0. The first-order chi connectivity index (χ1) is 8.16. The van der Waals surface area contributed by atoms with E-state index in [4.69, 9.17) is 4.42 Å². The molecule has 2 rings (SSSR count). The summed E-state index contributed by atoms with van der Waals surface area (Å²) in [4.78, 5) is 0. The Labute approximate surface area is 102 Å². The van der Waals surface area contributed by atoms with Crippen LogP contribution in [0.4, 0.5) is 0 Å². The highest BCUT2D eigenvalue weighted by Gasteiger charge is 2.08. The fourth-order valence-corrected chi connectivity index (χ4v) is 2.00. The first-order valence-electron chi connectivity index (χ1n) is 5.92. The maximum absolute atomic E-state index is 5.26. The predicted octanol–water partition coefficient (Wildman–Crippen LogP) is 2.44. The molecule has 92 valence electrons. The highest BCUT2D eigenvalue weighted by Crippen LogP contribution is 2.10. The third-order valence-electron chi connectivity index (χ3n) is 2.78. The van der Waals surface area contributed by atoms with Crippen molar-refractivity contribution in [3.8, 4) is 0 Å². The molecule has 0 radical (unpaired) electrons. The van der Waals surface area contributed by atoms with Crippen molar-refractivity contribution in [2.45, 2.75) is 33.4 Å².